The summed E-state index contributed by atoms with van der Waals surface area (Å²) in [4.78, 5) is 26.7. The molecule has 192 valence electrons. The highest BCUT2D eigenvalue weighted by atomic mass is 31.2. The zero-order valence-electron chi connectivity index (χ0n) is 19.6. The fraction of sp³-hybridized carbons (Fsp3) is 0.348. The highest BCUT2D eigenvalue weighted by Gasteiger charge is 2.55. The summed E-state index contributed by atoms with van der Waals surface area (Å²) in [7, 11) is -2.84. The smallest absolute Gasteiger partial charge is 0.307 e. The molecule has 1 heterocycles. The van der Waals surface area contributed by atoms with Gasteiger partial charge in [0.15, 0.2) is 5.54 Å². The second kappa shape index (κ2) is 10.4. The van der Waals surface area contributed by atoms with Gasteiger partial charge in [-0.3, -0.25) is 23.7 Å². The Bertz CT molecular complexity index is 1250. The minimum absolute atomic E-state index is 0.0344. The number of phosphoric acid groups is 1. The number of amides is 3. The van der Waals surface area contributed by atoms with E-state index in [9.17, 15) is 27.3 Å². The van der Waals surface area contributed by atoms with Crippen molar-refractivity contribution >= 4 is 19.8 Å². The maximum Gasteiger partial charge on any atom is 0.474 e. The van der Waals surface area contributed by atoms with Crippen LogP contribution >= 0.6 is 7.82 Å². The Labute approximate surface area is 205 Å². The van der Waals surface area contributed by atoms with Gasteiger partial charge in [0.05, 0.1) is 37.0 Å². The van der Waals surface area contributed by atoms with Crippen LogP contribution in [0.25, 0.3) is 11.1 Å². The van der Waals surface area contributed by atoms with Gasteiger partial charge in [0.2, 0.25) is 0 Å². The number of imide groups is 1. The van der Waals surface area contributed by atoms with Crippen molar-refractivity contribution in [1.82, 2.24) is 10.2 Å². The van der Waals surface area contributed by atoms with Gasteiger partial charge in [-0.1, -0.05) is 30.3 Å². The molecule has 0 bridgehead atoms. The fourth-order valence-electron chi connectivity index (χ4n) is 3.89. The van der Waals surface area contributed by atoms with Crippen LogP contribution in [0.5, 0.6) is 0 Å². The van der Waals surface area contributed by atoms with E-state index in [0.29, 0.717) is 0 Å². The molecule has 2 aromatic rings. The molecular formula is C23H23F3N3O6P. The van der Waals surface area contributed by atoms with Gasteiger partial charge in [-0.2, -0.15) is 18.4 Å². The van der Waals surface area contributed by atoms with E-state index in [-0.39, 0.29) is 29.9 Å². The van der Waals surface area contributed by atoms with Crippen LogP contribution in [0.3, 0.4) is 0 Å². The number of rotatable bonds is 9. The molecule has 1 N–H and O–H groups in total. The number of likely N-dealkylation sites (N-methyl/N-ethyl adjacent to an activating group) is 1. The first-order chi connectivity index (χ1) is 16.9. The van der Waals surface area contributed by atoms with Crippen LogP contribution in [0.4, 0.5) is 18.0 Å². The molecule has 1 aliphatic rings. The maximum absolute atomic E-state index is 13.6. The molecule has 3 rings (SSSR count). The van der Waals surface area contributed by atoms with Crippen molar-refractivity contribution in [3.63, 3.8) is 0 Å². The fourth-order valence-corrected chi connectivity index (χ4v) is 5.09. The Hall–Kier alpha value is -3.23. The number of nitrogens with zero attached hydrogens (tertiary/aromatic N) is 2. The minimum Gasteiger partial charge on any atom is -0.307 e. The number of carbonyl (C=O) groups excluding carboxylic acids is 2. The molecule has 0 aliphatic carbocycles. The van der Waals surface area contributed by atoms with E-state index >= 15 is 0 Å². The molecule has 3 amide bonds. The van der Waals surface area contributed by atoms with Crippen molar-refractivity contribution in [1.29, 1.82) is 5.26 Å². The molecule has 0 aromatic heterocycles. The number of urea groups is 1. The predicted octanol–water partition coefficient (Wildman–Crippen LogP) is 4.82. The number of nitriles is 1. The average Bonchev–Trinajstić information content (AvgIpc) is 3.05. The molecule has 9 nitrogen and oxygen atoms in total. The third-order valence-corrected chi connectivity index (χ3v) is 7.20. The number of halogens is 3. The number of hydrogen-bond donors (Lipinski definition) is 1. The topological polar surface area (TPSA) is 118 Å². The Morgan fingerprint density at radius 3 is 2.25 bits per heavy atom. The Kier molecular flexibility index (Phi) is 7.91. The standard InChI is InChI=1S/C23H23F3N3O6P/c1-4-33-36(32,34-5-2)35-14-22(20(30)28-21(31)29(22)3)18-9-7-6-8-17(18)15-10-11-16(13-27)19(12-15)23(24,25)26/h6-12H,4-5,14H2,1-3H3,(H,28,30,31)/t22-/m1/s1. The molecule has 0 spiro atoms. The van der Waals surface area contributed by atoms with Crippen LogP contribution in [-0.4, -0.2) is 43.7 Å². The molecule has 1 atom stereocenters. The molecule has 13 heteroatoms. The van der Waals surface area contributed by atoms with Gasteiger partial charge in [-0.15, -0.1) is 0 Å². The van der Waals surface area contributed by atoms with Crippen LogP contribution in [0.1, 0.15) is 30.5 Å². The van der Waals surface area contributed by atoms with E-state index < -0.39 is 49.2 Å². The highest BCUT2D eigenvalue weighted by molar-refractivity contribution is 7.48. The molecule has 1 saturated heterocycles. The number of hydrogen-bond acceptors (Lipinski definition) is 7. The second-order valence-electron chi connectivity index (χ2n) is 7.65. The minimum atomic E-state index is -4.81. The van der Waals surface area contributed by atoms with Gasteiger partial charge in [0.25, 0.3) is 5.91 Å². The lowest BCUT2D eigenvalue weighted by molar-refractivity contribution is -0.137. The van der Waals surface area contributed by atoms with Crippen molar-refractivity contribution in [2.75, 3.05) is 26.9 Å². The number of carbonyl (C=O) groups is 2. The van der Waals surface area contributed by atoms with Gasteiger partial charge in [-0.05, 0) is 42.7 Å². The van der Waals surface area contributed by atoms with E-state index in [1.165, 1.54) is 37.4 Å². The second-order valence-corrected chi connectivity index (χ2v) is 9.32. The summed E-state index contributed by atoms with van der Waals surface area (Å²) in [5.74, 6) is -0.841. The lowest BCUT2D eigenvalue weighted by Crippen LogP contribution is -2.49. The van der Waals surface area contributed by atoms with Crippen LogP contribution in [-0.2, 0) is 34.6 Å². The number of nitrogens with one attached hydrogen (secondary N) is 1. The third-order valence-electron chi connectivity index (χ3n) is 5.61. The lowest BCUT2D eigenvalue weighted by Gasteiger charge is -2.35. The molecule has 0 saturated carbocycles. The molecule has 36 heavy (non-hydrogen) atoms. The monoisotopic (exact) mass is 525 g/mol. The maximum atomic E-state index is 13.6. The van der Waals surface area contributed by atoms with Crippen LogP contribution in [0.2, 0.25) is 0 Å². The van der Waals surface area contributed by atoms with Crippen LogP contribution < -0.4 is 5.32 Å². The van der Waals surface area contributed by atoms with E-state index in [2.05, 4.69) is 5.32 Å². The zero-order valence-corrected chi connectivity index (χ0v) is 20.5. The van der Waals surface area contributed by atoms with Gasteiger partial charge >= 0.3 is 20.0 Å². The summed E-state index contributed by atoms with van der Waals surface area (Å²) >= 11 is 0. The molecular weight excluding hydrogens is 502 g/mol. The SMILES string of the molecule is CCOP(=O)(OCC)OC[C@@]1(c2ccccc2-c2ccc(C#N)c(C(F)(F)F)c2)C(=O)NC(=O)N1C. The zero-order chi connectivity index (χ0) is 26.7. The first-order valence-corrected chi connectivity index (χ1v) is 12.2. The van der Waals surface area contributed by atoms with Crippen molar-refractivity contribution in [2.45, 2.75) is 25.6 Å². The van der Waals surface area contributed by atoms with Gasteiger partial charge in [-0.25, -0.2) is 9.36 Å². The van der Waals surface area contributed by atoms with E-state index in [0.717, 1.165) is 17.0 Å². The molecule has 2 aromatic carbocycles. The van der Waals surface area contributed by atoms with Crippen molar-refractivity contribution in [3.8, 4) is 17.2 Å². The summed E-state index contributed by atoms with van der Waals surface area (Å²) in [6.07, 6.45) is -4.81. The summed E-state index contributed by atoms with van der Waals surface area (Å²) in [5, 5.41) is 11.3. The largest absolute Gasteiger partial charge is 0.474 e. The average molecular weight is 525 g/mol. The first-order valence-electron chi connectivity index (χ1n) is 10.8. The summed E-state index contributed by atoms with van der Waals surface area (Å²) in [5.41, 5.74) is -3.34. The number of phosphoric ester groups is 1. The Balaban J connectivity index is 2.21. The van der Waals surface area contributed by atoms with Crippen molar-refractivity contribution in [2.24, 2.45) is 0 Å². The van der Waals surface area contributed by atoms with Crippen molar-refractivity contribution in [3.05, 3.63) is 59.2 Å². The molecule has 1 aliphatic heterocycles. The lowest BCUT2D eigenvalue weighted by atomic mass is 9.83. The van der Waals surface area contributed by atoms with E-state index in [1.54, 1.807) is 19.9 Å². The summed E-state index contributed by atoms with van der Waals surface area (Å²) < 4.78 is 69.6. The van der Waals surface area contributed by atoms with Crippen LogP contribution in [0, 0.1) is 11.3 Å². The quantitative estimate of drug-likeness (QED) is 0.369. The van der Waals surface area contributed by atoms with Gasteiger partial charge in [0.1, 0.15) is 0 Å². The Morgan fingerprint density at radius 2 is 1.72 bits per heavy atom. The number of alkyl halides is 3. The highest BCUT2D eigenvalue weighted by Crippen LogP contribution is 2.52. The van der Waals surface area contributed by atoms with Gasteiger partial charge in [0, 0.05) is 7.05 Å². The molecule has 0 radical (unpaired) electrons. The summed E-state index contributed by atoms with van der Waals surface area (Å²) in [6, 6.07) is 9.85. The number of benzene rings is 2. The first kappa shape index (κ1) is 27.4. The molecule has 1 fully saturated rings. The Morgan fingerprint density at radius 1 is 1.08 bits per heavy atom. The predicted molar refractivity (Wildman–Crippen MR) is 121 cm³/mol. The van der Waals surface area contributed by atoms with Crippen molar-refractivity contribution < 1.29 is 40.9 Å². The van der Waals surface area contributed by atoms with E-state index in [1.807, 2.05) is 0 Å². The van der Waals surface area contributed by atoms with Crippen LogP contribution in [0.15, 0.2) is 42.5 Å². The molecule has 0 unspecified atom stereocenters. The van der Waals surface area contributed by atoms with E-state index in [4.69, 9.17) is 18.8 Å². The normalized spacial score (nSPS) is 18.3. The summed E-state index contributed by atoms with van der Waals surface area (Å²) in [6.45, 7) is 2.36. The third kappa shape index (κ3) is 5.01. The van der Waals surface area contributed by atoms with Gasteiger partial charge < -0.3 is 4.90 Å².